The number of aromatic nitrogens is 1. The fraction of sp³-hybridized carbons (Fsp3) is 0.625. The van der Waals surface area contributed by atoms with Gasteiger partial charge in [0.05, 0.1) is 5.69 Å². The fourth-order valence-corrected chi connectivity index (χ4v) is 4.03. The highest BCUT2D eigenvalue weighted by Gasteiger charge is 2.48. The van der Waals surface area contributed by atoms with E-state index in [2.05, 4.69) is 23.0 Å². The largest absolute Gasteiger partial charge is 0.306 e. The number of piperidine rings is 1. The van der Waals surface area contributed by atoms with Crippen LogP contribution in [0.15, 0.2) is 18.3 Å². The summed E-state index contributed by atoms with van der Waals surface area (Å²) in [5, 5.41) is 0. The molecule has 2 aliphatic rings. The Morgan fingerprint density at radius 2 is 2.10 bits per heavy atom. The van der Waals surface area contributed by atoms with E-state index in [1.54, 1.807) is 6.20 Å². The van der Waals surface area contributed by atoms with E-state index in [1.165, 1.54) is 0 Å². The molecule has 4 heteroatoms. The van der Waals surface area contributed by atoms with Crippen molar-refractivity contribution in [2.75, 3.05) is 20.1 Å². The number of Topliss-reactive ketones (excluding diaryl/α,β-unsaturated/α-hetero) is 1. The first-order valence-corrected chi connectivity index (χ1v) is 7.85. The monoisotopic (exact) mass is 292 g/mol. The van der Waals surface area contributed by atoms with Gasteiger partial charge in [-0.05, 0) is 63.4 Å². The third-order valence-corrected chi connectivity index (χ3v) is 5.47. The van der Waals surface area contributed by atoms with Crippen LogP contribution in [0.2, 0.25) is 0 Å². The van der Waals surface area contributed by atoms with Crippen LogP contribution in [0.25, 0.3) is 0 Å². The first-order chi connectivity index (χ1) is 9.62. The van der Waals surface area contributed by atoms with Crippen molar-refractivity contribution in [1.29, 1.82) is 0 Å². The van der Waals surface area contributed by atoms with E-state index in [0.717, 1.165) is 50.0 Å². The lowest BCUT2D eigenvalue weighted by molar-refractivity contribution is -0.123. The van der Waals surface area contributed by atoms with Gasteiger partial charge in [-0.3, -0.25) is 9.78 Å². The molecule has 20 heavy (non-hydrogen) atoms. The van der Waals surface area contributed by atoms with Crippen LogP contribution in [0.1, 0.15) is 36.9 Å². The first-order valence-electron chi connectivity index (χ1n) is 7.47. The maximum atomic E-state index is 12.7. The number of carbonyl (C=O) groups excluding carboxylic acids is 1. The predicted octanol–water partition coefficient (Wildman–Crippen LogP) is 2.76. The van der Waals surface area contributed by atoms with Crippen LogP contribution in [0.5, 0.6) is 0 Å². The van der Waals surface area contributed by atoms with Gasteiger partial charge < -0.3 is 4.90 Å². The highest BCUT2D eigenvalue weighted by Crippen LogP contribution is 2.45. The number of hydrogen-bond acceptors (Lipinski definition) is 3. The maximum Gasteiger partial charge on any atom is 0.160 e. The van der Waals surface area contributed by atoms with Gasteiger partial charge in [-0.1, -0.05) is 6.07 Å². The van der Waals surface area contributed by atoms with Gasteiger partial charge in [0.2, 0.25) is 0 Å². The van der Waals surface area contributed by atoms with Crippen molar-refractivity contribution in [3.63, 3.8) is 0 Å². The van der Waals surface area contributed by atoms with E-state index in [0.29, 0.717) is 6.42 Å². The molecule has 3 nitrogen and oxygen atoms in total. The average molecular weight is 293 g/mol. The number of aryl methyl sites for hydroxylation is 1. The Balaban J connectivity index is 2.02. The normalized spacial score (nSPS) is 29.0. The van der Waals surface area contributed by atoms with Crippen molar-refractivity contribution in [1.82, 2.24) is 9.88 Å². The van der Waals surface area contributed by atoms with Crippen LogP contribution in [-0.4, -0.2) is 35.8 Å². The van der Waals surface area contributed by atoms with Gasteiger partial charge in [0, 0.05) is 12.6 Å². The maximum absolute atomic E-state index is 12.7. The number of alkyl halides is 1. The molecule has 0 saturated carbocycles. The van der Waals surface area contributed by atoms with Crippen LogP contribution in [0, 0.1) is 5.92 Å². The second-order valence-electron chi connectivity index (χ2n) is 6.08. The molecule has 1 unspecified atom stereocenters. The SMILES string of the molecule is CN1CCC(C2(Cl)C(=O)CCCc3cccnc32)CC1. The molecule has 0 aromatic carbocycles. The van der Waals surface area contributed by atoms with E-state index in [-0.39, 0.29) is 11.7 Å². The molecule has 2 heterocycles. The van der Waals surface area contributed by atoms with Gasteiger partial charge in [-0.25, -0.2) is 0 Å². The van der Waals surface area contributed by atoms with Gasteiger partial charge >= 0.3 is 0 Å². The molecule has 1 aromatic rings. The minimum Gasteiger partial charge on any atom is -0.306 e. The van der Waals surface area contributed by atoms with Gasteiger partial charge in [-0.15, -0.1) is 11.6 Å². The van der Waals surface area contributed by atoms with Gasteiger partial charge in [-0.2, -0.15) is 0 Å². The lowest BCUT2D eigenvalue weighted by Crippen LogP contribution is -2.44. The quantitative estimate of drug-likeness (QED) is 0.589. The molecule has 1 aliphatic heterocycles. The smallest absolute Gasteiger partial charge is 0.160 e. The molecule has 1 atom stereocenters. The summed E-state index contributed by atoms with van der Waals surface area (Å²) in [5.74, 6) is 0.380. The van der Waals surface area contributed by atoms with Crippen molar-refractivity contribution >= 4 is 17.4 Å². The van der Waals surface area contributed by atoms with Crippen LogP contribution >= 0.6 is 11.6 Å². The van der Waals surface area contributed by atoms with Crippen molar-refractivity contribution in [2.24, 2.45) is 5.92 Å². The highest BCUT2D eigenvalue weighted by molar-refractivity contribution is 6.35. The van der Waals surface area contributed by atoms with Crippen LogP contribution in [0.4, 0.5) is 0 Å². The molecular formula is C16H21ClN2O. The number of pyridine rings is 1. The third kappa shape index (κ3) is 2.27. The van der Waals surface area contributed by atoms with E-state index in [1.807, 2.05) is 6.07 Å². The van der Waals surface area contributed by atoms with Crippen molar-refractivity contribution in [3.8, 4) is 0 Å². The molecule has 0 amide bonds. The number of hydrogen-bond donors (Lipinski definition) is 0. The number of likely N-dealkylation sites (tertiary alicyclic amines) is 1. The average Bonchev–Trinajstić information content (AvgIpc) is 2.59. The lowest BCUT2D eigenvalue weighted by atomic mass is 9.78. The number of fused-ring (bicyclic) bond motifs is 1. The number of ketones is 1. The zero-order chi connectivity index (χ0) is 14.2. The van der Waals surface area contributed by atoms with Crippen LogP contribution in [0.3, 0.4) is 0 Å². The Kier molecular flexibility index (Phi) is 3.83. The van der Waals surface area contributed by atoms with Gasteiger partial charge in [0.15, 0.2) is 5.78 Å². The molecule has 0 bridgehead atoms. The van der Waals surface area contributed by atoms with Crippen molar-refractivity contribution < 1.29 is 4.79 Å². The Morgan fingerprint density at radius 1 is 1.35 bits per heavy atom. The predicted molar refractivity (Wildman–Crippen MR) is 79.9 cm³/mol. The van der Waals surface area contributed by atoms with E-state index in [9.17, 15) is 4.79 Å². The third-order valence-electron chi connectivity index (χ3n) is 4.77. The number of carbonyl (C=O) groups is 1. The second kappa shape index (κ2) is 5.45. The summed E-state index contributed by atoms with van der Waals surface area (Å²) in [6.45, 7) is 2.02. The fourth-order valence-electron chi connectivity index (χ4n) is 3.55. The Morgan fingerprint density at radius 3 is 2.85 bits per heavy atom. The van der Waals surface area contributed by atoms with E-state index < -0.39 is 4.87 Å². The minimum absolute atomic E-state index is 0.172. The van der Waals surface area contributed by atoms with Crippen molar-refractivity contribution in [3.05, 3.63) is 29.6 Å². The first kappa shape index (κ1) is 14.0. The Labute approximate surface area is 125 Å². The summed E-state index contributed by atoms with van der Waals surface area (Å²) < 4.78 is 0. The second-order valence-corrected chi connectivity index (χ2v) is 6.67. The number of halogens is 1. The zero-order valence-electron chi connectivity index (χ0n) is 11.9. The number of rotatable bonds is 1. The molecule has 1 saturated heterocycles. The van der Waals surface area contributed by atoms with Gasteiger partial charge in [0.1, 0.15) is 4.87 Å². The molecule has 1 aromatic heterocycles. The molecular weight excluding hydrogens is 272 g/mol. The summed E-state index contributed by atoms with van der Waals surface area (Å²) >= 11 is 6.96. The standard InChI is InChI=1S/C16H21ClN2O/c1-19-10-7-13(8-11-19)16(17)14(20)6-2-4-12-5-3-9-18-15(12)16/h3,5,9,13H,2,4,6-8,10-11H2,1H3. The summed E-state index contributed by atoms with van der Waals surface area (Å²) in [6, 6.07) is 4.02. The van der Waals surface area contributed by atoms with E-state index in [4.69, 9.17) is 11.6 Å². The molecule has 1 fully saturated rings. The Bertz CT molecular complexity index is 511. The molecule has 0 spiro atoms. The molecule has 108 valence electrons. The zero-order valence-corrected chi connectivity index (χ0v) is 12.7. The number of nitrogens with zero attached hydrogens (tertiary/aromatic N) is 2. The van der Waals surface area contributed by atoms with Crippen LogP contribution < -0.4 is 0 Å². The lowest BCUT2D eigenvalue weighted by Gasteiger charge is -2.38. The molecule has 0 N–H and O–H groups in total. The van der Waals surface area contributed by atoms with E-state index >= 15 is 0 Å². The summed E-state index contributed by atoms with van der Waals surface area (Å²) in [7, 11) is 2.12. The molecule has 0 radical (unpaired) electrons. The van der Waals surface area contributed by atoms with Crippen molar-refractivity contribution in [2.45, 2.75) is 37.0 Å². The molecule has 3 rings (SSSR count). The summed E-state index contributed by atoms with van der Waals surface area (Å²) in [6.07, 6.45) is 6.09. The van der Waals surface area contributed by atoms with Crippen LogP contribution in [-0.2, 0) is 16.1 Å². The highest BCUT2D eigenvalue weighted by atomic mass is 35.5. The van der Waals surface area contributed by atoms with Gasteiger partial charge in [0.25, 0.3) is 0 Å². The Hall–Kier alpha value is -0.930. The summed E-state index contributed by atoms with van der Waals surface area (Å²) in [4.78, 5) is 18.6. The topological polar surface area (TPSA) is 33.2 Å². The summed E-state index contributed by atoms with van der Waals surface area (Å²) in [5.41, 5.74) is 1.99. The minimum atomic E-state index is -0.894. The molecule has 1 aliphatic carbocycles.